The quantitative estimate of drug-likeness (QED) is 0.692. The van der Waals surface area contributed by atoms with Gasteiger partial charge in [0.05, 0.1) is 12.8 Å². The zero-order chi connectivity index (χ0) is 12.8. The van der Waals surface area contributed by atoms with Gasteiger partial charge in [-0.25, -0.2) is 4.39 Å². The Morgan fingerprint density at radius 2 is 2.29 bits per heavy atom. The molecular weight excluding hydrogens is 227 g/mol. The number of hydrogen-bond acceptors (Lipinski definition) is 4. The van der Waals surface area contributed by atoms with E-state index in [2.05, 4.69) is 10.6 Å². The minimum absolute atomic E-state index is 0.131. The summed E-state index contributed by atoms with van der Waals surface area (Å²) in [6, 6.07) is 3.26. The molecule has 1 aromatic rings. The van der Waals surface area contributed by atoms with Gasteiger partial charge in [0.2, 0.25) is 0 Å². The van der Waals surface area contributed by atoms with E-state index in [1.165, 1.54) is 25.3 Å². The number of carboxylic acid groups (broad SMARTS) is 1. The first-order chi connectivity index (χ1) is 8.08. The van der Waals surface area contributed by atoms with Crippen LogP contribution in [0.3, 0.4) is 0 Å². The molecule has 3 N–H and O–H groups in total. The van der Waals surface area contributed by atoms with Gasteiger partial charge in [-0.05, 0) is 19.2 Å². The van der Waals surface area contributed by atoms with Gasteiger partial charge in [-0.3, -0.25) is 4.79 Å². The third-order valence-corrected chi connectivity index (χ3v) is 2.30. The van der Waals surface area contributed by atoms with Crippen LogP contribution in [0, 0.1) is 5.82 Å². The lowest BCUT2D eigenvalue weighted by Crippen LogP contribution is -2.39. The second-order valence-electron chi connectivity index (χ2n) is 3.41. The van der Waals surface area contributed by atoms with Crippen LogP contribution in [0.4, 0.5) is 10.1 Å². The number of carboxylic acids is 1. The van der Waals surface area contributed by atoms with Crippen molar-refractivity contribution in [1.82, 2.24) is 5.32 Å². The van der Waals surface area contributed by atoms with Gasteiger partial charge < -0.3 is 20.5 Å². The van der Waals surface area contributed by atoms with Crippen molar-refractivity contribution < 1.29 is 19.0 Å². The Bertz CT molecular complexity index is 398. The molecule has 0 saturated carbocycles. The van der Waals surface area contributed by atoms with Crippen molar-refractivity contribution in [2.24, 2.45) is 0 Å². The summed E-state index contributed by atoms with van der Waals surface area (Å²) in [6.45, 7) is 0.131. The van der Waals surface area contributed by atoms with E-state index in [1.807, 2.05) is 0 Å². The molecule has 1 rings (SSSR count). The van der Waals surface area contributed by atoms with Crippen LogP contribution in [0.25, 0.3) is 0 Å². The predicted molar refractivity (Wildman–Crippen MR) is 61.9 cm³/mol. The lowest BCUT2D eigenvalue weighted by atomic mass is 10.2. The summed E-state index contributed by atoms with van der Waals surface area (Å²) >= 11 is 0. The molecule has 5 nitrogen and oxygen atoms in total. The van der Waals surface area contributed by atoms with Crippen molar-refractivity contribution in [3.63, 3.8) is 0 Å². The summed E-state index contributed by atoms with van der Waals surface area (Å²) in [5, 5.41) is 14.3. The number of rotatable bonds is 6. The van der Waals surface area contributed by atoms with E-state index in [0.29, 0.717) is 11.4 Å². The summed E-state index contributed by atoms with van der Waals surface area (Å²) < 4.78 is 18.1. The maximum absolute atomic E-state index is 13.0. The Kier molecular flexibility index (Phi) is 4.71. The monoisotopic (exact) mass is 242 g/mol. The molecule has 0 saturated heterocycles. The molecule has 0 spiro atoms. The lowest BCUT2D eigenvalue weighted by Gasteiger charge is -2.15. The molecule has 1 aromatic carbocycles. The topological polar surface area (TPSA) is 70.6 Å². The Hall–Kier alpha value is -1.82. The second-order valence-corrected chi connectivity index (χ2v) is 3.41. The van der Waals surface area contributed by atoms with Crippen LogP contribution < -0.4 is 15.4 Å². The lowest BCUT2D eigenvalue weighted by molar-refractivity contribution is -0.138. The molecule has 1 unspecified atom stereocenters. The van der Waals surface area contributed by atoms with Crippen molar-refractivity contribution >= 4 is 11.7 Å². The maximum atomic E-state index is 13.0. The zero-order valence-electron chi connectivity index (χ0n) is 9.66. The molecular formula is C11H15FN2O3. The van der Waals surface area contributed by atoms with E-state index >= 15 is 0 Å². The van der Waals surface area contributed by atoms with Crippen molar-refractivity contribution in [2.75, 3.05) is 26.0 Å². The second kappa shape index (κ2) is 6.05. The first-order valence-corrected chi connectivity index (χ1v) is 5.06. The highest BCUT2D eigenvalue weighted by atomic mass is 19.1. The predicted octanol–water partition coefficient (Wildman–Crippen LogP) is 0.919. The highest BCUT2D eigenvalue weighted by Gasteiger charge is 2.15. The molecule has 0 radical (unpaired) electrons. The van der Waals surface area contributed by atoms with E-state index < -0.39 is 17.8 Å². The Morgan fingerprint density at radius 3 is 2.82 bits per heavy atom. The van der Waals surface area contributed by atoms with Gasteiger partial charge in [0.1, 0.15) is 17.6 Å². The summed E-state index contributed by atoms with van der Waals surface area (Å²) in [7, 11) is 3.01. The number of nitrogens with one attached hydrogen (secondary N) is 2. The molecule has 6 heteroatoms. The smallest absolute Gasteiger partial charge is 0.322 e. The molecule has 0 aliphatic rings. The van der Waals surface area contributed by atoms with Crippen molar-refractivity contribution in [3.8, 4) is 5.75 Å². The van der Waals surface area contributed by atoms with Gasteiger partial charge in [0.15, 0.2) is 0 Å². The maximum Gasteiger partial charge on any atom is 0.322 e. The first kappa shape index (κ1) is 13.2. The van der Waals surface area contributed by atoms with Crippen LogP contribution in [-0.2, 0) is 4.79 Å². The van der Waals surface area contributed by atoms with Crippen LogP contribution in [0.1, 0.15) is 0 Å². The number of hydrogen-bond donors (Lipinski definition) is 3. The standard InChI is InChI=1S/C11H15FN2O3/c1-13-9(11(15)16)6-14-8-5-7(12)3-4-10(8)17-2/h3-5,9,13-14H,6H2,1-2H3,(H,15,16). The Morgan fingerprint density at radius 1 is 1.59 bits per heavy atom. The minimum Gasteiger partial charge on any atom is -0.495 e. The number of aliphatic carboxylic acids is 1. The number of carbonyl (C=O) groups is 1. The van der Waals surface area contributed by atoms with Crippen molar-refractivity contribution in [1.29, 1.82) is 0 Å². The van der Waals surface area contributed by atoms with E-state index in [9.17, 15) is 9.18 Å². The summed E-state index contributed by atoms with van der Waals surface area (Å²) in [6.07, 6.45) is 0. The van der Waals surface area contributed by atoms with Crippen LogP contribution in [-0.4, -0.2) is 37.8 Å². The average molecular weight is 242 g/mol. The molecule has 0 heterocycles. The van der Waals surface area contributed by atoms with Gasteiger partial charge in [0.25, 0.3) is 0 Å². The molecule has 0 aliphatic heterocycles. The van der Waals surface area contributed by atoms with Crippen molar-refractivity contribution in [2.45, 2.75) is 6.04 Å². The fourth-order valence-electron chi connectivity index (χ4n) is 1.34. The van der Waals surface area contributed by atoms with Crippen LogP contribution in [0.2, 0.25) is 0 Å². The van der Waals surface area contributed by atoms with Gasteiger partial charge in [-0.2, -0.15) is 0 Å². The Labute approximate surface area is 98.6 Å². The first-order valence-electron chi connectivity index (χ1n) is 5.06. The number of methoxy groups -OCH3 is 1. The molecule has 0 aromatic heterocycles. The fourth-order valence-corrected chi connectivity index (χ4v) is 1.34. The molecule has 0 amide bonds. The molecule has 0 fully saturated rings. The minimum atomic E-state index is -0.977. The molecule has 1 atom stereocenters. The van der Waals surface area contributed by atoms with E-state index in [0.717, 1.165) is 0 Å². The Balaban J connectivity index is 2.73. The van der Waals surface area contributed by atoms with Gasteiger partial charge in [0, 0.05) is 12.6 Å². The van der Waals surface area contributed by atoms with Gasteiger partial charge >= 0.3 is 5.97 Å². The third kappa shape index (κ3) is 3.60. The van der Waals surface area contributed by atoms with Crippen molar-refractivity contribution in [3.05, 3.63) is 24.0 Å². The normalized spacial score (nSPS) is 11.9. The van der Waals surface area contributed by atoms with Crippen LogP contribution in [0.15, 0.2) is 18.2 Å². The highest BCUT2D eigenvalue weighted by Crippen LogP contribution is 2.24. The largest absolute Gasteiger partial charge is 0.495 e. The zero-order valence-corrected chi connectivity index (χ0v) is 9.66. The number of anilines is 1. The van der Waals surface area contributed by atoms with Gasteiger partial charge in [-0.15, -0.1) is 0 Å². The van der Waals surface area contributed by atoms with Gasteiger partial charge in [-0.1, -0.05) is 0 Å². The van der Waals surface area contributed by atoms with E-state index in [4.69, 9.17) is 9.84 Å². The van der Waals surface area contributed by atoms with Crippen LogP contribution in [0.5, 0.6) is 5.75 Å². The van der Waals surface area contributed by atoms with E-state index in [1.54, 1.807) is 7.05 Å². The SMILES string of the molecule is CNC(CNc1cc(F)ccc1OC)C(=O)O. The molecule has 0 aliphatic carbocycles. The summed E-state index contributed by atoms with van der Waals surface area (Å²) in [5.41, 5.74) is 0.425. The number of ether oxygens (including phenoxy) is 1. The number of likely N-dealkylation sites (N-methyl/N-ethyl adjacent to an activating group) is 1. The molecule has 94 valence electrons. The highest BCUT2D eigenvalue weighted by molar-refractivity contribution is 5.74. The number of halogens is 1. The fraction of sp³-hybridized carbons (Fsp3) is 0.364. The average Bonchev–Trinajstić information content (AvgIpc) is 2.29. The number of benzene rings is 1. The summed E-state index contributed by atoms with van der Waals surface area (Å²) in [4.78, 5) is 10.8. The molecule has 17 heavy (non-hydrogen) atoms. The third-order valence-electron chi connectivity index (χ3n) is 2.30. The summed E-state index contributed by atoms with van der Waals surface area (Å²) in [5.74, 6) is -0.924. The molecule has 0 bridgehead atoms. The van der Waals surface area contributed by atoms with E-state index in [-0.39, 0.29) is 6.54 Å². The van der Waals surface area contributed by atoms with Crippen LogP contribution >= 0.6 is 0 Å².